The minimum absolute atomic E-state index is 0.0807. The van der Waals surface area contributed by atoms with Crippen molar-refractivity contribution in [2.24, 2.45) is 0 Å². The van der Waals surface area contributed by atoms with Crippen LogP contribution < -0.4 is 10.6 Å². The summed E-state index contributed by atoms with van der Waals surface area (Å²) >= 11 is 0. The fourth-order valence-electron chi connectivity index (χ4n) is 4.18. The van der Waals surface area contributed by atoms with Crippen molar-refractivity contribution in [2.45, 2.75) is 43.9 Å². The number of amides is 2. The molecule has 0 aliphatic carbocycles. The molecule has 0 bridgehead atoms. The van der Waals surface area contributed by atoms with Crippen molar-refractivity contribution in [1.82, 2.24) is 10.6 Å². The van der Waals surface area contributed by atoms with Gasteiger partial charge in [-0.1, -0.05) is 48.5 Å². The van der Waals surface area contributed by atoms with Gasteiger partial charge in [0.1, 0.15) is 17.8 Å². The lowest BCUT2D eigenvalue weighted by atomic mass is 9.96. The second-order valence-electron chi connectivity index (χ2n) is 8.47. The van der Waals surface area contributed by atoms with Crippen LogP contribution in [0.1, 0.15) is 29.8 Å². The van der Waals surface area contributed by atoms with E-state index in [0.717, 1.165) is 5.56 Å². The van der Waals surface area contributed by atoms with Gasteiger partial charge in [0.05, 0.1) is 19.6 Å². The molecule has 0 spiro atoms. The molecule has 0 saturated carbocycles. The maximum absolute atomic E-state index is 12.5. The van der Waals surface area contributed by atoms with E-state index in [2.05, 4.69) is 10.6 Å². The second-order valence-corrected chi connectivity index (χ2v) is 8.47. The highest BCUT2D eigenvalue weighted by Gasteiger charge is 2.60. The summed E-state index contributed by atoms with van der Waals surface area (Å²) in [6.45, 7) is 4.52. The fourth-order valence-corrected chi connectivity index (χ4v) is 4.18. The van der Waals surface area contributed by atoms with Crippen LogP contribution in [0.3, 0.4) is 0 Å². The van der Waals surface area contributed by atoms with Crippen LogP contribution in [-0.4, -0.2) is 55.1 Å². The molecule has 0 radical (unpaired) electrons. The molecule has 2 aliphatic rings. The van der Waals surface area contributed by atoms with Gasteiger partial charge in [-0.05, 0) is 31.5 Å². The van der Waals surface area contributed by atoms with E-state index in [1.807, 2.05) is 62.4 Å². The first-order chi connectivity index (χ1) is 14.9. The minimum atomic E-state index is -0.807. The van der Waals surface area contributed by atoms with Gasteiger partial charge in [0.15, 0.2) is 5.79 Å². The molecular weight excluding hydrogens is 396 g/mol. The molecule has 0 unspecified atom stereocenters. The first kappa shape index (κ1) is 21.5. The zero-order valence-electron chi connectivity index (χ0n) is 17.8. The summed E-state index contributed by atoms with van der Waals surface area (Å²) in [5, 5.41) is 5.88. The molecule has 2 amide bonds. The van der Waals surface area contributed by atoms with Crippen LogP contribution in [0.4, 0.5) is 0 Å². The number of nitrogens with one attached hydrogen (secondary N) is 2. The Morgan fingerprint density at radius 3 is 2.39 bits per heavy atom. The van der Waals surface area contributed by atoms with Crippen molar-refractivity contribution in [3.8, 4) is 0 Å². The summed E-state index contributed by atoms with van der Waals surface area (Å²) in [6.07, 6.45) is -0.468. The summed E-state index contributed by atoms with van der Waals surface area (Å²) in [5.41, 5.74) is 0.729. The zero-order valence-corrected chi connectivity index (χ0v) is 17.8. The molecule has 2 N–H and O–H groups in total. The first-order valence-corrected chi connectivity index (χ1v) is 10.5. The van der Waals surface area contributed by atoms with Crippen molar-refractivity contribution in [3.05, 3.63) is 71.8 Å². The number of hydrogen-bond acceptors (Lipinski definition) is 5. The third-order valence-electron chi connectivity index (χ3n) is 5.55. The summed E-state index contributed by atoms with van der Waals surface area (Å²) in [7, 11) is 0. The average molecular weight is 424 g/mol. The Morgan fingerprint density at radius 2 is 1.68 bits per heavy atom. The summed E-state index contributed by atoms with van der Waals surface area (Å²) in [5.74, 6) is -1.07. The monoisotopic (exact) mass is 424 g/mol. The number of carbonyl (C=O) groups is 2. The molecular formula is C24H28N2O5. The predicted molar refractivity (Wildman–Crippen MR) is 114 cm³/mol. The second kappa shape index (κ2) is 8.78. The summed E-state index contributed by atoms with van der Waals surface area (Å²) in [6, 6.07) is 18.6. The van der Waals surface area contributed by atoms with Crippen molar-refractivity contribution in [3.63, 3.8) is 0 Å². The highest BCUT2D eigenvalue weighted by molar-refractivity contribution is 5.94. The molecule has 7 nitrogen and oxygen atoms in total. The van der Waals surface area contributed by atoms with Crippen LogP contribution in [0.15, 0.2) is 60.7 Å². The van der Waals surface area contributed by atoms with Gasteiger partial charge in [0.25, 0.3) is 5.91 Å². The van der Waals surface area contributed by atoms with E-state index >= 15 is 0 Å². The standard InChI is InChI=1S/C24H28N2O5/c1-23(2)30-21-19(14-25-20(27)13-17-9-5-3-6-10-17)29-16-24(21,31-23)15-26-22(28)18-11-7-4-8-12-18/h3-12,19,21H,13-16H2,1-2H3,(H,25,27)(H,26,28)/t19-,21-,24+/m1/s1. The van der Waals surface area contributed by atoms with Gasteiger partial charge < -0.3 is 24.8 Å². The van der Waals surface area contributed by atoms with Crippen LogP contribution in [-0.2, 0) is 25.4 Å². The predicted octanol–water partition coefficient (Wildman–Crippen LogP) is 2.06. The van der Waals surface area contributed by atoms with Gasteiger partial charge in [-0.2, -0.15) is 0 Å². The lowest BCUT2D eigenvalue weighted by Crippen LogP contribution is -2.52. The van der Waals surface area contributed by atoms with Gasteiger partial charge in [0.2, 0.25) is 5.91 Å². The van der Waals surface area contributed by atoms with Crippen molar-refractivity contribution in [2.75, 3.05) is 19.7 Å². The molecule has 2 saturated heterocycles. The van der Waals surface area contributed by atoms with E-state index in [0.29, 0.717) is 18.5 Å². The Kier molecular flexibility index (Phi) is 6.09. The molecule has 4 rings (SSSR count). The molecule has 2 aliphatic heterocycles. The number of hydrogen-bond donors (Lipinski definition) is 2. The van der Waals surface area contributed by atoms with E-state index in [-0.39, 0.29) is 31.1 Å². The number of rotatable bonds is 7. The molecule has 3 atom stereocenters. The number of benzene rings is 2. The van der Waals surface area contributed by atoms with E-state index in [1.54, 1.807) is 12.1 Å². The molecule has 31 heavy (non-hydrogen) atoms. The fraction of sp³-hybridized carbons (Fsp3) is 0.417. The normalized spacial score (nSPS) is 26.3. The van der Waals surface area contributed by atoms with E-state index < -0.39 is 17.5 Å². The number of fused-ring (bicyclic) bond motifs is 1. The lowest BCUT2D eigenvalue weighted by molar-refractivity contribution is -0.188. The van der Waals surface area contributed by atoms with Gasteiger partial charge in [0, 0.05) is 12.1 Å². The third kappa shape index (κ3) is 4.95. The molecule has 0 aromatic heterocycles. The average Bonchev–Trinajstić information content (AvgIpc) is 3.22. The van der Waals surface area contributed by atoms with Gasteiger partial charge in [-0.3, -0.25) is 9.59 Å². The molecule has 2 aromatic carbocycles. The molecule has 2 fully saturated rings. The van der Waals surface area contributed by atoms with Crippen LogP contribution in [0.25, 0.3) is 0 Å². The number of ether oxygens (including phenoxy) is 3. The molecule has 7 heteroatoms. The van der Waals surface area contributed by atoms with Gasteiger partial charge in [-0.25, -0.2) is 0 Å². The highest BCUT2D eigenvalue weighted by atomic mass is 16.8. The third-order valence-corrected chi connectivity index (χ3v) is 5.55. The zero-order chi connectivity index (χ0) is 21.9. The Balaban J connectivity index is 1.37. The maximum Gasteiger partial charge on any atom is 0.251 e. The van der Waals surface area contributed by atoms with Crippen molar-refractivity contribution < 1.29 is 23.8 Å². The van der Waals surface area contributed by atoms with Crippen LogP contribution in [0.5, 0.6) is 0 Å². The lowest BCUT2D eigenvalue weighted by Gasteiger charge is -2.27. The largest absolute Gasteiger partial charge is 0.370 e. The van der Waals surface area contributed by atoms with Gasteiger partial charge in [-0.15, -0.1) is 0 Å². The van der Waals surface area contributed by atoms with Crippen LogP contribution in [0.2, 0.25) is 0 Å². The van der Waals surface area contributed by atoms with E-state index in [4.69, 9.17) is 14.2 Å². The van der Waals surface area contributed by atoms with E-state index in [1.165, 1.54) is 0 Å². The summed E-state index contributed by atoms with van der Waals surface area (Å²) < 4.78 is 18.3. The summed E-state index contributed by atoms with van der Waals surface area (Å²) in [4.78, 5) is 24.9. The minimum Gasteiger partial charge on any atom is -0.370 e. The Morgan fingerprint density at radius 1 is 1.00 bits per heavy atom. The number of carbonyl (C=O) groups excluding carboxylic acids is 2. The Hall–Kier alpha value is -2.74. The van der Waals surface area contributed by atoms with Crippen LogP contribution >= 0.6 is 0 Å². The SMILES string of the molecule is CC1(C)O[C@@H]2[C@@H](CNC(=O)Cc3ccccc3)OC[C@]2(CNC(=O)c2ccccc2)O1. The van der Waals surface area contributed by atoms with Crippen LogP contribution in [0, 0.1) is 0 Å². The van der Waals surface area contributed by atoms with Crippen molar-refractivity contribution >= 4 is 11.8 Å². The maximum atomic E-state index is 12.5. The molecule has 2 heterocycles. The van der Waals surface area contributed by atoms with Crippen molar-refractivity contribution in [1.29, 1.82) is 0 Å². The Labute approximate surface area is 182 Å². The molecule has 164 valence electrons. The quantitative estimate of drug-likeness (QED) is 0.711. The Bertz CT molecular complexity index is 918. The van der Waals surface area contributed by atoms with E-state index in [9.17, 15) is 9.59 Å². The highest BCUT2D eigenvalue weighted by Crippen LogP contribution is 2.43. The van der Waals surface area contributed by atoms with Gasteiger partial charge >= 0.3 is 0 Å². The molecule has 2 aromatic rings. The smallest absolute Gasteiger partial charge is 0.251 e. The topological polar surface area (TPSA) is 85.9 Å². The first-order valence-electron chi connectivity index (χ1n) is 10.5.